The molecule has 1 amide bonds. The lowest BCUT2D eigenvalue weighted by Gasteiger charge is -2.07. The van der Waals surface area contributed by atoms with Gasteiger partial charge in [-0.05, 0) is 30.5 Å². The van der Waals surface area contributed by atoms with Gasteiger partial charge in [-0.15, -0.1) is 3.82 Å². The maximum Gasteiger partial charge on any atom is 0.284 e. The molecule has 0 bridgehead atoms. The monoisotopic (exact) mass is 273 g/mol. The van der Waals surface area contributed by atoms with Gasteiger partial charge in [0.1, 0.15) is 4.90 Å². The van der Waals surface area contributed by atoms with Crippen molar-refractivity contribution in [2.24, 2.45) is 0 Å². The van der Waals surface area contributed by atoms with Crippen molar-refractivity contribution in [1.29, 1.82) is 0 Å². The average molecular weight is 274 g/mol. The highest BCUT2D eigenvalue weighted by Gasteiger charge is 2.42. The summed E-state index contributed by atoms with van der Waals surface area (Å²) in [5, 5.41) is 0. The normalized spacial score (nSPS) is 17.4. The number of hydrogen-bond donors (Lipinski definition) is 0. The zero-order valence-corrected chi connectivity index (χ0v) is 11.1. The average Bonchev–Trinajstić information content (AvgIpc) is 2.45. The fraction of sp³-hybridized carbons (Fsp3) is 0.364. The van der Waals surface area contributed by atoms with Gasteiger partial charge >= 0.3 is 0 Å². The minimum atomic E-state index is -3.84. The summed E-state index contributed by atoms with van der Waals surface area (Å²) in [6.45, 7) is 3.84. The summed E-state index contributed by atoms with van der Waals surface area (Å²) in [7, 11) is -3.84. The largest absolute Gasteiger partial charge is 0.284 e. The first kappa shape index (κ1) is 12.4. The molecule has 0 fully saturated rings. The first-order valence-corrected chi connectivity index (χ1v) is 7.07. The van der Waals surface area contributed by atoms with Crippen LogP contribution in [0.1, 0.15) is 34.8 Å². The van der Waals surface area contributed by atoms with Crippen molar-refractivity contribution >= 4 is 27.7 Å². The number of sulfonamides is 1. The standard InChI is InChI=1S/C11H12ClNO3S/c1-3-4-8-7(2)5-6-9-10(8)11(14)13(12)17(9,15)16/h5-6H,3-4H2,1-2H3. The van der Waals surface area contributed by atoms with Crippen molar-refractivity contribution in [2.45, 2.75) is 31.6 Å². The molecule has 0 aromatic heterocycles. The van der Waals surface area contributed by atoms with Gasteiger partial charge in [0, 0.05) is 11.8 Å². The highest BCUT2D eigenvalue weighted by Crippen LogP contribution is 2.35. The van der Waals surface area contributed by atoms with Crippen LogP contribution >= 0.6 is 11.8 Å². The van der Waals surface area contributed by atoms with E-state index in [2.05, 4.69) is 0 Å². The maximum atomic E-state index is 11.9. The molecule has 0 saturated heterocycles. The van der Waals surface area contributed by atoms with Crippen LogP contribution in [0.25, 0.3) is 0 Å². The number of benzene rings is 1. The fourth-order valence-electron chi connectivity index (χ4n) is 2.04. The lowest BCUT2D eigenvalue weighted by Crippen LogP contribution is -2.19. The van der Waals surface area contributed by atoms with Gasteiger partial charge in [-0.3, -0.25) is 4.79 Å². The van der Waals surface area contributed by atoms with Crippen LogP contribution in [-0.2, 0) is 16.4 Å². The molecule has 6 heteroatoms. The molecule has 0 aliphatic carbocycles. The molecule has 4 nitrogen and oxygen atoms in total. The first-order chi connectivity index (χ1) is 7.91. The second kappa shape index (κ2) is 3.99. The van der Waals surface area contributed by atoms with Crippen LogP contribution in [0.4, 0.5) is 0 Å². The Morgan fingerprint density at radius 3 is 2.59 bits per heavy atom. The summed E-state index contributed by atoms with van der Waals surface area (Å²) >= 11 is 5.54. The third-order valence-electron chi connectivity index (χ3n) is 2.87. The molecule has 1 aromatic carbocycles. The Morgan fingerprint density at radius 2 is 2.00 bits per heavy atom. The zero-order chi connectivity index (χ0) is 12.8. The molecular formula is C11H12ClNO3S. The minimum absolute atomic E-state index is 0.0200. The van der Waals surface area contributed by atoms with E-state index < -0.39 is 15.9 Å². The summed E-state index contributed by atoms with van der Waals surface area (Å²) in [6.07, 6.45) is 1.51. The third kappa shape index (κ3) is 1.65. The molecule has 92 valence electrons. The fourth-order valence-corrected chi connectivity index (χ4v) is 3.53. The summed E-state index contributed by atoms with van der Waals surface area (Å²) in [4.78, 5) is 11.9. The van der Waals surface area contributed by atoms with Gasteiger partial charge in [-0.2, -0.15) is 8.42 Å². The number of carbonyl (C=O) groups is 1. The first-order valence-electron chi connectivity index (χ1n) is 5.29. The molecule has 0 N–H and O–H groups in total. The van der Waals surface area contributed by atoms with E-state index in [0.29, 0.717) is 10.2 Å². The Balaban J connectivity index is 2.78. The Bertz CT molecular complexity index is 595. The summed E-state index contributed by atoms with van der Waals surface area (Å²) in [6, 6.07) is 3.16. The van der Waals surface area contributed by atoms with Crippen LogP contribution in [0.3, 0.4) is 0 Å². The molecule has 0 unspecified atom stereocenters. The van der Waals surface area contributed by atoms with Crippen molar-refractivity contribution < 1.29 is 13.2 Å². The predicted molar refractivity (Wildman–Crippen MR) is 64.4 cm³/mol. The Labute approximate surface area is 105 Å². The Morgan fingerprint density at radius 1 is 1.35 bits per heavy atom. The number of aryl methyl sites for hydroxylation is 1. The Kier molecular flexibility index (Phi) is 2.91. The number of amides is 1. The zero-order valence-electron chi connectivity index (χ0n) is 9.53. The number of rotatable bonds is 2. The molecule has 0 saturated carbocycles. The van der Waals surface area contributed by atoms with Crippen LogP contribution in [0.15, 0.2) is 17.0 Å². The predicted octanol–water partition coefficient (Wildman–Crippen LogP) is 2.25. The van der Waals surface area contributed by atoms with Gasteiger partial charge in [0.15, 0.2) is 0 Å². The van der Waals surface area contributed by atoms with Gasteiger partial charge < -0.3 is 0 Å². The van der Waals surface area contributed by atoms with E-state index in [1.807, 2.05) is 13.8 Å². The highest BCUT2D eigenvalue weighted by molar-refractivity contribution is 7.91. The van der Waals surface area contributed by atoms with Crippen LogP contribution in [0.5, 0.6) is 0 Å². The van der Waals surface area contributed by atoms with Gasteiger partial charge in [-0.1, -0.05) is 19.4 Å². The summed E-state index contributed by atoms with van der Waals surface area (Å²) in [5.74, 6) is -0.645. The van der Waals surface area contributed by atoms with Crippen molar-refractivity contribution in [1.82, 2.24) is 3.82 Å². The number of halogens is 1. The molecule has 0 radical (unpaired) electrons. The van der Waals surface area contributed by atoms with E-state index in [1.165, 1.54) is 6.07 Å². The molecule has 2 rings (SSSR count). The number of fused-ring (bicyclic) bond motifs is 1. The maximum absolute atomic E-state index is 11.9. The molecule has 1 aliphatic heterocycles. The van der Waals surface area contributed by atoms with Crippen LogP contribution in [-0.4, -0.2) is 18.1 Å². The lowest BCUT2D eigenvalue weighted by atomic mass is 9.97. The minimum Gasteiger partial charge on any atom is -0.267 e. The molecule has 1 heterocycles. The van der Waals surface area contributed by atoms with E-state index in [1.54, 1.807) is 6.07 Å². The van der Waals surface area contributed by atoms with E-state index in [-0.39, 0.29) is 10.5 Å². The smallest absolute Gasteiger partial charge is 0.267 e. The van der Waals surface area contributed by atoms with E-state index in [0.717, 1.165) is 17.5 Å². The second-order valence-corrected chi connectivity index (χ2v) is 6.30. The van der Waals surface area contributed by atoms with Gasteiger partial charge in [-0.25, -0.2) is 0 Å². The Hall–Kier alpha value is -1.07. The quantitative estimate of drug-likeness (QED) is 0.777. The molecule has 0 atom stereocenters. The number of nitrogens with zero attached hydrogens (tertiary/aromatic N) is 1. The molecule has 1 aromatic rings. The van der Waals surface area contributed by atoms with Crippen molar-refractivity contribution in [2.75, 3.05) is 0 Å². The third-order valence-corrected chi connectivity index (χ3v) is 5.05. The van der Waals surface area contributed by atoms with Crippen LogP contribution in [0.2, 0.25) is 0 Å². The van der Waals surface area contributed by atoms with Crippen molar-refractivity contribution in [3.8, 4) is 0 Å². The number of carbonyl (C=O) groups excluding carboxylic acids is 1. The van der Waals surface area contributed by atoms with Gasteiger partial charge in [0.25, 0.3) is 15.9 Å². The van der Waals surface area contributed by atoms with Crippen molar-refractivity contribution in [3.63, 3.8) is 0 Å². The topological polar surface area (TPSA) is 54.5 Å². The van der Waals surface area contributed by atoms with Crippen LogP contribution < -0.4 is 0 Å². The summed E-state index contributed by atoms with van der Waals surface area (Å²) < 4.78 is 24.0. The molecule has 17 heavy (non-hydrogen) atoms. The summed E-state index contributed by atoms with van der Waals surface area (Å²) in [5.41, 5.74) is 1.93. The van der Waals surface area contributed by atoms with Gasteiger partial charge in [0.2, 0.25) is 0 Å². The van der Waals surface area contributed by atoms with E-state index in [9.17, 15) is 13.2 Å². The lowest BCUT2D eigenvalue weighted by molar-refractivity contribution is 0.0928. The number of hydrogen-bond acceptors (Lipinski definition) is 3. The van der Waals surface area contributed by atoms with Crippen molar-refractivity contribution in [3.05, 3.63) is 28.8 Å². The molecule has 1 aliphatic rings. The second-order valence-electron chi connectivity index (χ2n) is 4.01. The SMILES string of the molecule is CCCc1c(C)ccc2c1C(=O)N(Cl)S2(=O)=O. The molecule has 0 spiro atoms. The van der Waals surface area contributed by atoms with E-state index in [4.69, 9.17) is 11.8 Å². The molecular weight excluding hydrogens is 262 g/mol. The highest BCUT2D eigenvalue weighted by atomic mass is 35.5. The van der Waals surface area contributed by atoms with E-state index >= 15 is 0 Å². The van der Waals surface area contributed by atoms with Gasteiger partial charge in [0.05, 0.1) is 5.56 Å². The van der Waals surface area contributed by atoms with Crippen LogP contribution in [0, 0.1) is 6.92 Å².